The lowest BCUT2D eigenvalue weighted by Gasteiger charge is -2.25. The van der Waals surface area contributed by atoms with Crippen molar-refractivity contribution in [2.24, 2.45) is 0 Å². The van der Waals surface area contributed by atoms with Gasteiger partial charge in [0, 0.05) is 12.2 Å². The van der Waals surface area contributed by atoms with E-state index in [1.165, 1.54) is 0 Å². The van der Waals surface area contributed by atoms with E-state index in [4.69, 9.17) is 4.74 Å². The molecule has 1 N–H and O–H groups in total. The quantitative estimate of drug-likeness (QED) is 0.802. The summed E-state index contributed by atoms with van der Waals surface area (Å²) in [6, 6.07) is 4.02. The molecule has 1 aromatic rings. The average Bonchev–Trinajstić information content (AvgIpc) is 2.39. The molecule has 82 valence electrons. The molecule has 0 saturated heterocycles. The second-order valence-corrected chi connectivity index (χ2v) is 4.65. The fraction of sp³-hybridized carbons (Fsp3) is 0.583. The summed E-state index contributed by atoms with van der Waals surface area (Å²) in [5.41, 5.74) is 1.98. The number of aromatic nitrogens is 1. The van der Waals surface area contributed by atoms with Gasteiger partial charge in [0.1, 0.15) is 11.4 Å². The Bertz CT molecular complexity index is 374. The van der Waals surface area contributed by atoms with Crippen molar-refractivity contribution < 1.29 is 4.74 Å². The molecule has 0 bridgehead atoms. The van der Waals surface area contributed by atoms with Crippen molar-refractivity contribution in [1.29, 1.82) is 0 Å². The van der Waals surface area contributed by atoms with Gasteiger partial charge in [0.05, 0.1) is 11.6 Å². The van der Waals surface area contributed by atoms with Gasteiger partial charge >= 0.3 is 0 Å². The molecule has 0 saturated carbocycles. The largest absolute Gasteiger partial charge is 0.485 e. The van der Waals surface area contributed by atoms with Gasteiger partial charge in [-0.1, -0.05) is 0 Å². The highest BCUT2D eigenvalue weighted by Crippen LogP contribution is 2.42. The van der Waals surface area contributed by atoms with Gasteiger partial charge in [-0.3, -0.25) is 4.98 Å². The van der Waals surface area contributed by atoms with Crippen LogP contribution < -0.4 is 10.1 Å². The van der Waals surface area contributed by atoms with E-state index in [1.54, 1.807) is 0 Å². The van der Waals surface area contributed by atoms with Crippen LogP contribution in [-0.2, 0) is 0 Å². The van der Waals surface area contributed by atoms with Crippen LogP contribution in [0, 0.1) is 6.92 Å². The Morgan fingerprint density at radius 3 is 2.87 bits per heavy atom. The Kier molecular flexibility index (Phi) is 2.43. The van der Waals surface area contributed by atoms with Gasteiger partial charge in [-0.15, -0.1) is 0 Å². The van der Waals surface area contributed by atoms with Gasteiger partial charge in [0.2, 0.25) is 0 Å². The molecule has 1 unspecified atom stereocenters. The molecule has 15 heavy (non-hydrogen) atoms. The maximum absolute atomic E-state index is 5.91. The van der Waals surface area contributed by atoms with Crippen molar-refractivity contribution in [2.45, 2.75) is 32.3 Å². The van der Waals surface area contributed by atoms with Crippen LogP contribution in [0.4, 0.5) is 0 Å². The number of fused-ring (bicyclic) bond motifs is 1. The fourth-order valence-corrected chi connectivity index (χ4v) is 2.13. The molecule has 0 aromatic carbocycles. The number of aryl methyl sites for hydroxylation is 1. The van der Waals surface area contributed by atoms with E-state index in [-0.39, 0.29) is 5.60 Å². The van der Waals surface area contributed by atoms with E-state index in [1.807, 2.05) is 26.1 Å². The van der Waals surface area contributed by atoms with Gasteiger partial charge < -0.3 is 10.1 Å². The van der Waals surface area contributed by atoms with Gasteiger partial charge in [0.15, 0.2) is 0 Å². The molecule has 1 aliphatic heterocycles. The van der Waals surface area contributed by atoms with E-state index in [2.05, 4.69) is 24.1 Å². The third-order valence-corrected chi connectivity index (χ3v) is 2.98. The van der Waals surface area contributed by atoms with E-state index in [9.17, 15) is 0 Å². The van der Waals surface area contributed by atoms with Crippen LogP contribution in [0.15, 0.2) is 12.1 Å². The van der Waals surface area contributed by atoms with E-state index < -0.39 is 0 Å². The molecule has 1 aliphatic rings. The van der Waals surface area contributed by atoms with Gasteiger partial charge in [-0.25, -0.2) is 0 Å². The summed E-state index contributed by atoms with van der Waals surface area (Å²) in [5, 5.41) is 3.21. The molecular weight excluding hydrogens is 188 g/mol. The summed E-state index contributed by atoms with van der Waals surface area (Å²) in [6.07, 6.45) is 0. The Balaban J connectivity index is 2.42. The molecule has 0 amide bonds. The molecular formula is C12H18N2O. The number of pyridine rings is 1. The Labute approximate surface area is 90.9 Å². The first-order valence-electron chi connectivity index (χ1n) is 5.36. The van der Waals surface area contributed by atoms with Crippen LogP contribution in [0.3, 0.4) is 0 Å². The van der Waals surface area contributed by atoms with Crippen LogP contribution >= 0.6 is 0 Å². The Morgan fingerprint density at radius 2 is 2.20 bits per heavy atom. The van der Waals surface area contributed by atoms with Crippen molar-refractivity contribution in [3.63, 3.8) is 0 Å². The monoisotopic (exact) mass is 206 g/mol. The Hall–Kier alpha value is -1.09. The molecule has 0 radical (unpaired) electrons. The van der Waals surface area contributed by atoms with Crippen LogP contribution in [-0.4, -0.2) is 24.2 Å². The lowest BCUT2D eigenvalue weighted by Crippen LogP contribution is -2.35. The minimum absolute atomic E-state index is 0.161. The molecule has 2 heterocycles. The van der Waals surface area contributed by atoms with Crippen molar-refractivity contribution in [2.75, 3.05) is 13.6 Å². The van der Waals surface area contributed by atoms with Crippen molar-refractivity contribution >= 4 is 0 Å². The zero-order chi connectivity index (χ0) is 11.1. The highest BCUT2D eigenvalue weighted by molar-refractivity contribution is 5.39. The normalized spacial score (nSPS) is 22.3. The number of nitrogens with one attached hydrogen (secondary N) is 1. The number of ether oxygens (including phenoxy) is 1. The van der Waals surface area contributed by atoms with Crippen LogP contribution in [0.5, 0.6) is 5.75 Å². The molecule has 0 spiro atoms. The predicted octanol–water partition coefficient (Wildman–Crippen LogP) is 1.86. The minimum Gasteiger partial charge on any atom is -0.485 e. The van der Waals surface area contributed by atoms with Crippen LogP contribution in [0.25, 0.3) is 0 Å². The SMILES string of the molecule is CNCC1c2nc(C)ccc2OC1(C)C. The average molecular weight is 206 g/mol. The maximum atomic E-state index is 5.91. The van der Waals surface area contributed by atoms with Gasteiger partial charge in [0.25, 0.3) is 0 Å². The molecule has 1 aromatic heterocycles. The molecule has 0 aliphatic carbocycles. The smallest absolute Gasteiger partial charge is 0.142 e. The highest BCUT2D eigenvalue weighted by Gasteiger charge is 2.41. The zero-order valence-corrected chi connectivity index (χ0v) is 9.79. The topological polar surface area (TPSA) is 34.2 Å². The first-order chi connectivity index (χ1) is 7.04. The second-order valence-electron chi connectivity index (χ2n) is 4.65. The number of nitrogens with zero attached hydrogens (tertiary/aromatic N) is 1. The summed E-state index contributed by atoms with van der Waals surface area (Å²) in [4.78, 5) is 4.58. The van der Waals surface area contributed by atoms with E-state index >= 15 is 0 Å². The van der Waals surface area contributed by atoms with Crippen molar-refractivity contribution in [1.82, 2.24) is 10.3 Å². The van der Waals surface area contributed by atoms with E-state index in [0.717, 1.165) is 23.7 Å². The number of rotatable bonds is 2. The Morgan fingerprint density at radius 1 is 1.47 bits per heavy atom. The number of hydrogen-bond donors (Lipinski definition) is 1. The molecule has 1 atom stereocenters. The van der Waals surface area contributed by atoms with Crippen LogP contribution in [0.1, 0.15) is 31.2 Å². The number of likely N-dealkylation sites (N-methyl/N-ethyl adjacent to an activating group) is 1. The lowest BCUT2D eigenvalue weighted by molar-refractivity contribution is 0.109. The van der Waals surface area contributed by atoms with Crippen LogP contribution in [0.2, 0.25) is 0 Å². The molecule has 0 fully saturated rings. The van der Waals surface area contributed by atoms with Gasteiger partial charge in [-0.2, -0.15) is 0 Å². The number of hydrogen-bond acceptors (Lipinski definition) is 3. The standard InChI is InChI=1S/C12H18N2O/c1-8-5-6-10-11(14-8)9(7-13-4)12(2,3)15-10/h5-6,9,13H,7H2,1-4H3. The molecule has 3 heteroatoms. The summed E-state index contributed by atoms with van der Waals surface area (Å²) in [6.45, 7) is 7.15. The summed E-state index contributed by atoms with van der Waals surface area (Å²) >= 11 is 0. The first-order valence-corrected chi connectivity index (χ1v) is 5.36. The third-order valence-electron chi connectivity index (χ3n) is 2.98. The van der Waals surface area contributed by atoms with Crippen molar-refractivity contribution in [3.8, 4) is 5.75 Å². The summed E-state index contributed by atoms with van der Waals surface area (Å²) in [5.74, 6) is 1.27. The second kappa shape index (κ2) is 3.49. The highest BCUT2D eigenvalue weighted by atomic mass is 16.5. The first kappa shape index (κ1) is 10.4. The maximum Gasteiger partial charge on any atom is 0.142 e. The van der Waals surface area contributed by atoms with Gasteiger partial charge in [-0.05, 0) is 40.0 Å². The minimum atomic E-state index is -0.161. The predicted molar refractivity (Wildman–Crippen MR) is 60.3 cm³/mol. The van der Waals surface area contributed by atoms with E-state index in [0.29, 0.717) is 5.92 Å². The zero-order valence-electron chi connectivity index (χ0n) is 9.79. The fourth-order valence-electron chi connectivity index (χ4n) is 2.13. The van der Waals surface area contributed by atoms with Crippen molar-refractivity contribution in [3.05, 3.63) is 23.5 Å². The summed E-state index contributed by atoms with van der Waals surface area (Å²) in [7, 11) is 1.96. The third kappa shape index (κ3) is 1.72. The molecule has 3 nitrogen and oxygen atoms in total. The summed E-state index contributed by atoms with van der Waals surface area (Å²) < 4.78 is 5.91. The lowest BCUT2D eigenvalue weighted by atomic mass is 9.90. The molecule has 2 rings (SSSR count).